The van der Waals surface area contributed by atoms with Gasteiger partial charge < -0.3 is 0 Å². The van der Waals surface area contributed by atoms with E-state index in [9.17, 15) is 4.79 Å². The molecule has 0 atom stereocenters. The van der Waals surface area contributed by atoms with Crippen LogP contribution in [0.2, 0.25) is 0 Å². The van der Waals surface area contributed by atoms with Crippen LogP contribution in [0.15, 0.2) is 29.4 Å². The smallest absolute Gasteiger partial charge is 0.257 e. The molecule has 0 radical (unpaired) electrons. The van der Waals surface area contributed by atoms with E-state index in [1.165, 1.54) is 11.8 Å². The van der Waals surface area contributed by atoms with E-state index in [-0.39, 0.29) is 11.0 Å². The highest BCUT2D eigenvalue weighted by Gasteiger charge is 2.12. The normalized spacial score (nSPS) is 10.3. The Kier molecular flexibility index (Phi) is 6.15. The van der Waals surface area contributed by atoms with E-state index in [0.29, 0.717) is 16.5 Å². The Labute approximate surface area is 151 Å². The van der Waals surface area contributed by atoms with E-state index in [2.05, 4.69) is 43.5 Å². The maximum Gasteiger partial charge on any atom is 0.257 e. The van der Waals surface area contributed by atoms with Crippen molar-refractivity contribution < 1.29 is 4.79 Å². The van der Waals surface area contributed by atoms with Crippen molar-refractivity contribution in [3.05, 3.63) is 39.2 Å². The van der Waals surface area contributed by atoms with Crippen molar-refractivity contribution in [2.75, 3.05) is 11.2 Å². The van der Waals surface area contributed by atoms with Gasteiger partial charge in [0, 0.05) is 9.13 Å². The number of aromatic nitrogens is 3. The molecule has 2 rings (SSSR count). The molecule has 22 heavy (non-hydrogen) atoms. The molecule has 1 heterocycles. The third-order valence-corrected chi connectivity index (χ3v) is 4.34. The number of benzene rings is 1. The molecule has 6 nitrogen and oxygen atoms in total. The highest BCUT2D eigenvalue weighted by atomic mass is 127. The van der Waals surface area contributed by atoms with E-state index < -0.39 is 0 Å². The highest BCUT2D eigenvalue weighted by Crippen LogP contribution is 2.14. The Balaban J connectivity index is 2.02. The number of halogens is 1. The standard InChI is InChI=1S/C13H14IN5OS2/c1-3-22-13-17-16-8(2)19(13)18-12(21)15-11(20)9-4-6-10(14)7-5-9/h4-7H,3H2,1-2H3,(H2,15,18,20,21). The minimum absolute atomic E-state index is 0.199. The number of carbonyl (C=O) groups is 1. The predicted octanol–water partition coefficient (Wildman–Crippen LogP) is 2.56. The second-order valence-electron chi connectivity index (χ2n) is 4.20. The number of thioether (sulfide) groups is 1. The molecule has 0 unspecified atom stereocenters. The molecule has 1 amide bonds. The lowest BCUT2D eigenvalue weighted by molar-refractivity contribution is 0.0977. The summed E-state index contributed by atoms with van der Waals surface area (Å²) in [4.78, 5) is 12.1. The van der Waals surface area contributed by atoms with Gasteiger partial charge >= 0.3 is 0 Å². The van der Waals surface area contributed by atoms with E-state index in [4.69, 9.17) is 12.2 Å². The second-order valence-corrected chi connectivity index (χ2v) is 7.09. The lowest BCUT2D eigenvalue weighted by Gasteiger charge is -2.12. The zero-order valence-electron chi connectivity index (χ0n) is 12.0. The molecule has 0 aliphatic carbocycles. The van der Waals surface area contributed by atoms with Gasteiger partial charge in [-0.05, 0) is 71.8 Å². The predicted molar refractivity (Wildman–Crippen MR) is 99.7 cm³/mol. The topological polar surface area (TPSA) is 71.8 Å². The van der Waals surface area contributed by atoms with Crippen LogP contribution in [-0.4, -0.2) is 31.6 Å². The van der Waals surface area contributed by atoms with Gasteiger partial charge in [-0.3, -0.25) is 15.5 Å². The van der Waals surface area contributed by atoms with Crippen molar-refractivity contribution in [3.8, 4) is 0 Å². The van der Waals surface area contributed by atoms with Crippen molar-refractivity contribution >= 4 is 57.6 Å². The zero-order valence-corrected chi connectivity index (χ0v) is 15.8. The maximum atomic E-state index is 12.1. The quantitative estimate of drug-likeness (QED) is 0.427. The van der Waals surface area contributed by atoms with Crippen LogP contribution in [-0.2, 0) is 0 Å². The van der Waals surface area contributed by atoms with Gasteiger partial charge in [0.1, 0.15) is 5.82 Å². The first kappa shape index (κ1) is 17.2. The lowest BCUT2D eigenvalue weighted by Crippen LogP contribution is -2.38. The summed E-state index contributed by atoms with van der Waals surface area (Å²) >= 11 is 8.90. The Morgan fingerprint density at radius 2 is 2.05 bits per heavy atom. The van der Waals surface area contributed by atoms with Gasteiger partial charge in [0.25, 0.3) is 5.91 Å². The lowest BCUT2D eigenvalue weighted by atomic mass is 10.2. The third-order valence-electron chi connectivity index (χ3n) is 2.62. The molecule has 0 aliphatic rings. The van der Waals surface area contributed by atoms with Crippen molar-refractivity contribution in [2.24, 2.45) is 0 Å². The minimum Gasteiger partial charge on any atom is -0.298 e. The molecule has 2 aromatic rings. The number of amides is 1. The van der Waals surface area contributed by atoms with Crippen molar-refractivity contribution in [1.82, 2.24) is 20.2 Å². The molecule has 0 saturated carbocycles. The highest BCUT2D eigenvalue weighted by molar-refractivity contribution is 14.1. The van der Waals surface area contributed by atoms with Crippen LogP contribution in [0.3, 0.4) is 0 Å². The Morgan fingerprint density at radius 3 is 2.68 bits per heavy atom. The number of hydrogen-bond acceptors (Lipinski definition) is 5. The van der Waals surface area contributed by atoms with E-state index >= 15 is 0 Å². The number of hydrogen-bond donors (Lipinski definition) is 2. The monoisotopic (exact) mass is 447 g/mol. The first-order chi connectivity index (χ1) is 10.5. The van der Waals surface area contributed by atoms with Crippen molar-refractivity contribution in [1.29, 1.82) is 0 Å². The van der Waals surface area contributed by atoms with E-state index in [1.54, 1.807) is 16.8 Å². The number of rotatable bonds is 4. The Bertz CT molecular complexity index is 686. The summed E-state index contributed by atoms with van der Waals surface area (Å²) in [6.45, 7) is 3.83. The molecule has 0 spiro atoms. The summed E-state index contributed by atoms with van der Waals surface area (Å²) in [6, 6.07) is 7.24. The summed E-state index contributed by atoms with van der Waals surface area (Å²) in [6.07, 6.45) is 0. The average molecular weight is 447 g/mol. The van der Waals surface area contributed by atoms with E-state index in [1.807, 2.05) is 26.0 Å². The van der Waals surface area contributed by atoms with Gasteiger partial charge in [-0.2, -0.15) is 0 Å². The molecule has 9 heteroatoms. The maximum absolute atomic E-state index is 12.1. The Morgan fingerprint density at radius 1 is 1.36 bits per heavy atom. The van der Waals surface area contributed by atoms with Crippen LogP contribution in [0, 0.1) is 10.5 Å². The van der Waals surface area contributed by atoms with Gasteiger partial charge in [-0.25, -0.2) is 4.68 Å². The first-order valence-electron chi connectivity index (χ1n) is 6.44. The van der Waals surface area contributed by atoms with Crippen LogP contribution >= 0.6 is 46.6 Å². The van der Waals surface area contributed by atoms with Crippen LogP contribution in [0.25, 0.3) is 0 Å². The summed E-state index contributed by atoms with van der Waals surface area (Å²) in [5, 5.41) is 11.6. The van der Waals surface area contributed by atoms with Crippen molar-refractivity contribution in [3.63, 3.8) is 0 Å². The number of thiocarbonyl (C=S) groups is 1. The number of nitrogens with one attached hydrogen (secondary N) is 2. The fourth-order valence-electron chi connectivity index (χ4n) is 1.60. The van der Waals surface area contributed by atoms with Crippen LogP contribution < -0.4 is 10.7 Å². The molecule has 1 aromatic heterocycles. The summed E-state index contributed by atoms with van der Waals surface area (Å²) < 4.78 is 2.72. The molecule has 1 aromatic carbocycles. The largest absolute Gasteiger partial charge is 0.298 e. The van der Waals surface area contributed by atoms with Gasteiger partial charge in [0.2, 0.25) is 5.16 Å². The molecule has 116 valence electrons. The molecular formula is C13H14IN5OS2. The molecule has 0 bridgehead atoms. The first-order valence-corrected chi connectivity index (χ1v) is 8.91. The minimum atomic E-state index is -0.260. The summed E-state index contributed by atoms with van der Waals surface area (Å²) in [5.74, 6) is 1.27. The summed E-state index contributed by atoms with van der Waals surface area (Å²) in [7, 11) is 0. The summed E-state index contributed by atoms with van der Waals surface area (Å²) in [5.41, 5.74) is 3.47. The molecule has 2 N–H and O–H groups in total. The number of nitrogens with zero attached hydrogens (tertiary/aromatic N) is 3. The average Bonchev–Trinajstić information content (AvgIpc) is 2.81. The molecule has 0 saturated heterocycles. The van der Waals surface area contributed by atoms with Gasteiger partial charge in [-0.15, -0.1) is 10.2 Å². The fourth-order valence-corrected chi connectivity index (χ4v) is 2.81. The van der Waals surface area contributed by atoms with Gasteiger partial charge in [0.05, 0.1) is 0 Å². The van der Waals surface area contributed by atoms with Gasteiger partial charge in [-0.1, -0.05) is 18.7 Å². The fraction of sp³-hybridized carbons (Fsp3) is 0.231. The molecular weight excluding hydrogens is 433 g/mol. The Hall–Kier alpha value is -1.20. The number of carbonyl (C=O) groups excluding carboxylic acids is 1. The SMILES string of the molecule is CCSc1nnc(C)n1NC(=S)NC(=O)c1ccc(I)cc1. The van der Waals surface area contributed by atoms with Gasteiger partial charge in [0.15, 0.2) is 5.11 Å². The van der Waals surface area contributed by atoms with Crippen molar-refractivity contribution in [2.45, 2.75) is 19.0 Å². The molecule has 0 fully saturated rings. The second kappa shape index (κ2) is 7.88. The number of aryl methyl sites for hydroxylation is 1. The zero-order chi connectivity index (χ0) is 16.1. The van der Waals surface area contributed by atoms with E-state index in [0.717, 1.165) is 9.32 Å². The van der Waals surface area contributed by atoms with Crippen LogP contribution in [0.1, 0.15) is 23.1 Å². The third kappa shape index (κ3) is 4.40. The van der Waals surface area contributed by atoms with Crippen LogP contribution in [0.4, 0.5) is 0 Å². The molecule has 0 aliphatic heterocycles. The van der Waals surface area contributed by atoms with Crippen LogP contribution in [0.5, 0.6) is 0 Å².